The van der Waals surface area contributed by atoms with E-state index in [1.807, 2.05) is 6.92 Å². The first-order valence-electron chi connectivity index (χ1n) is 6.11. The number of alkyl carbamates (subject to hydrolysis) is 1. The summed E-state index contributed by atoms with van der Waals surface area (Å²) in [6.45, 7) is 7.74. The van der Waals surface area contributed by atoms with Gasteiger partial charge in [-0.1, -0.05) is 6.92 Å². The van der Waals surface area contributed by atoms with Gasteiger partial charge in [0.25, 0.3) is 0 Å². The molecule has 1 aliphatic heterocycles. The van der Waals surface area contributed by atoms with Gasteiger partial charge in [0.05, 0.1) is 24.9 Å². The van der Waals surface area contributed by atoms with Crippen LogP contribution in [0.3, 0.4) is 0 Å². The molecular weight excluding hydrogens is 222 g/mol. The topological polar surface area (TPSA) is 67.8 Å². The Morgan fingerprint density at radius 1 is 1.53 bits per heavy atom. The number of aliphatic hydroxyl groups excluding tert-OH is 1. The molecule has 17 heavy (non-hydrogen) atoms. The van der Waals surface area contributed by atoms with Crippen LogP contribution in [0.2, 0.25) is 0 Å². The van der Waals surface area contributed by atoms with Crippen LogP contribution in [0.1, 0.15) is 40.5 Å². The lowest BCUT2D eigenvalue weighted by molar-refractivity contribution is -0.0676. The summed E-state index contributed by atoms with van der Waals surface area (Å²) in [6, 6.07) is -0.382. The van der Waals surface area contributed by atoms with Gasteiger partial charge in [0, 0.05) is 6.42 Å². The Morgan fingerprint density at radius 3 is 2.65 bits per heavy atom. The molecule has 1 fully saturated rings. The molecule has 0 radical (unpaired) electrons. The minimum Gasteiger partial charge on any atom is -0.444 e. The number of hydrogen-bond acceptors (Lipinski definition) is 4. The Labute approximate surface area is 102 Å². The van der Waals surface area contributed by atoms with Crippen molar-refractivity contribution < 1.29 is 19.4 Å². The summed E-state index contributed by atoms with van der Waals surface area (Å²) in [5.41, 5.74) is -0.531. The smallest absolute Gasteiger partial charge is 0.408 e. The summed E-state index contributed by atoms with van der Waals surface area (Å²) in [4.78, 5) is 11.5. The van der Waals surface area contributed by atoms with Crippen LogP contribution >= 0.6 is 0 Å². The first kappa shape index (κ1) is 14.3. The fraction of sp³-hybridized carbons (Fsp3) is 0.917. The summed E-state index contributed by atoms with van der Waals surface area (Å²) >= 11 is 0. The molecule has 1 amide bonds. The van der Waals surface area contributed by atoms with Crippen molar-refractivity contribution in [3.8, 4) is 0 Å². The van der Waals surface area contributed by atoms with E-state index in [1.165, 1.54) is 0 Å². The zero-order valence-corrected chi connectivity index (χ0v) is 11.0. The third-order valence-electron chi connectivity index (χ3n) is 2.64. The van der Waals surface area contributed by atoms with Crippen LogP contribution in [-0.4, -0.2) is 41.7 Å². The highest BCUT2D eigenvalue weighted by atomic mass is 16.6. The van der Waals surface area contributed by atoms with Gasteiger partial charge in [0.15, 0.2) is 0 Å². The molecule has 5 heteroatoms. The van der Waals surface area contributed by atoms with Crippen molar-refractivity contribution in [3.63, 3.8) is 0 Å². The summed E-state index contributed by atoms with van der Waals surface area (Å²) in [5, 5.41) is 12.5. The molecule has 1 aliphatic rings. The fourth-order valence-corrected chi connectivity index (χ4v) is 1.73. The van der Waals surface area contributed by atoms with E-state index < -0.39 is 17.8 Å². The van der Waals surface area contributed by atoms with Gasteiger partial charge in [-0.05, 0) is 27.2 Å². The molecule has 5 nitrogen and oxygen atoms in total. The highest BCUT2D eigenvalue weighted by Gasteiger charge is 2.31. The molecular formula is C12H23NO4. The summed E-state index contributed by atoms with van der Waals surface area (Å²) in [7, 11) is 0. The summed E-state index contributed by atoms with van der Waals surface area (Å²) in [5.74, 6) is 0. The largest absolute Gasteiger partial charge is 0.444 e. The van der Waals surface area contributed by atoms with Crippen LogP contribution in [0, 0.1) is 0 Å². The number of rotatable bonds is 2. The minimum absolute atomic E-state index is 0.0849. The zero-order valence-electron chi connectivity index (χ0n) is 11.0. The van der Waals surface area contributed by atoms with Gasteiger partial charge in [-0.15, -0.1) is 0 Å². The predicted octanol–water partition coefficient (Wildman–Crippen LogP) is 1.44. The van der Waals surface area contributed by atoms with E-state index in [2.05, 4.69) is 5.32 Å². The van der Waals surface area contributed by atoms with Crippen molar-refractivity contribution in [1.82, 2.24) is 5.32 Å². The SMILES string of the molecule is CC[C@@H]1C[C@H](O)[C@@H](NC(=O)OC(C)(C)C)CO1. The van der Waals surface area contributed by atoms with E-state index in [9.17, 15) is 9.90 Å². The van der Waals surface area contributed by atoms with E-state index in [-0.39, 0.29) is 12.1 Å². The highest BCUT2D eigenvalue weighted by Crippen LogP contribution is 2.17. The highest BCUT2D eigenvalue weighted by molar-refractivity contribution is 5.68. The molecule has 0 saturated carbocycles. The second-order valence-electron chi connectivity index (χ2n) is 5.42. The number of nitrogens with one attached hydrogen (secondary N) is 1. The summed E-state index contributed by atoms with van der Waals surface area (Å²) in [6.07, 6.45) is 0.427. The van der Waals surface area contributed by atoms with Crippen molar-refractivity contribution >= 4 is 6.09 Å². The second kappa shape index (κ2) is 5.69. The zero-order chi connectivity index (χ0) is 13.1. The van der Waals surface area contributed by atoms with E-state index in [1.54, 1.807) is 20.8 Å². The Hall–Kier alpha value is -0.810. The van der Waals surface area contributed by atoms with E-state index >= 15 is 0 Å². The molecule has 0 aromatic heterocycles. The maximum atomic E-state index is 11.5. The van der Waals surface area contributed by atoms with Crippen LogP contribution in [0.25, 0.3) is 0 Å². The molecule has 0 unspecified atom stereocenters. The molecule has 0 bridgehead atoms. The average molecular weight is 245 g/mol. The van der Waals surface area contributed by atoms with Gasteiger partial charge in [-0.25, -0.2) is 4.79 Å². The molecule has 100 valence electrons. The molecule has 0 aliphatic carbocycles. The first-order valence-corrected chi connectivity index (χ1v) is 6.11. The van der Waals surface area contributed by atoms with Gasteiger partial charge in [0.2, 0.25) is 0 Å². The van der Waals surface area contributed by atoms with Gasteiger partial charge in [0.1, 0.15) is 5.60 Å². The van der Waals surface area contributed by atoms with Crippen molar-refractivity contribution in [3.05, 3.63) is 0 Å². The molecule has 0 aromatic carbocycles. The Morgan fingerprint density at radius 2 is 2.18 bits per heavy atom. The van der Waals surface area contributed by atoms with Gasteiger partial charge in [-0.2, -0.15) is 0 Å². The van der Waals surface area contributed by atoms with Crippen LogP contribution in [0.5, 0.6) is 0 Å². The number of carbonyl (C=O) groups is 1. The van der Waals surface area contributed by atoms with E-state index in [0.29, 0.717) is 13.0 Å². The van der Waals surface area contributed by atoms with Crippen LogP contribution in [-0.2, 0) is 9.47 Å². The average Bonchev–Trinajstić information content (AvgIpc) is 2.18. The number of aliphatic hydroxyl groups is 1. The maximum absolute atomic E-state index is 11.5. The third-order valence-corrected chi connectivity index (χ3v) is 2.64. The normalized spacial score (nSPS) is 29.8. The maximum Gasteiger partial charge on any atom is 0.408 e. The molecule has 1 rings (SSSR count). The molecule has 2 N–H and O–H groups in total. The third kappa shape index (κ3) is 4.91. The van der Waals surface area contributed by atoms with Crippen LogP contribution < -0.4 is 5.32 Å². The molecule has 1 saturated heterocycles. The fourth-order valence-electron chi connectivity index (χ4n) is 1.73. The second-order valence-corrected chi connectivity index (χ2v) is 5.42. The van der Waals surface area contributed by atoms with E-state index in [0.717, 1.165) is 6.42 Å². The van der Waals surface area contributed by atoms with E-state index in [4.69, 9.17) is 9.47 Å². The Kier molecular flexibility index (Phi) is 4.77. The Bertz CT molecular complexity index is 262. The van der Waals surface area contributed by atoms with Crippen molar-refractivity contribution in [2.45, 2.75) is 64.4 Å². The minimum atomic E-state index is -0.568. The quantitative estimate of drug-likeness (QED) is 0.772. The standard InChI is InChI=1S/C12H23NO4/c1-5-8-6-10(14)9(7-16-8)13-11(15)17-12(2,3)4/h8-10,14H,5-7H2,1-4H3,(H,13,15)/t8-,9+,10+/m1/s1. The number of hydrogen-bond donors (Lipinski definition) is 2. The molecule has 0 spiro atoms. The molecule has 3 atom stereocenters. The number of ether oxygens (including phenoxy) is 2. The number of amides is 1. The lowest BCUT2D eigenvalue weighted by Crippen LogP contribution is -2.52. The van der Waals surface area contributed by atoms with Crippen molar-refractivity contribution in [1.29, 1.82) is 0 Å². The van der Waals surface area contributed by atoms with Crippen LogP contribution in [0.4, 0.5) is 4.79 Å². The lowest BCUT2D eigenvalue weighted by Gasteiger charge is -2.33. The first-order chi connectivity index (χ1) is 7.81. The van der Waals surface area contributed by atoms with Gasteiger partial charge < -0.3 is 19.9 Å². The molecule has 1 heterocycles. The van der Waals surface area contributed by atoms with Gasteiger partial charge >= 0.3 is 6.09 Å². The predicted molar refractivity (Wildman–Crippen MR) is 63.8 cm³/mol. The van der Waals surface area contributed by atoms with Crippen LogP contribution in [0.15, 0.2) is 0 Å². The number of carbonyl (C=O) groups excluding carboxylic acids is 1. The monoisotopic (exact) mass is 245 g/mol. The van der Waals surface area contributed by atoms with Crippen molar-refractivity contribution in [2.24, 2.45) is 0 Å². The lowest BCUT2D eigenvalue weighted by atomic mass is 10.0. The molecule has 0 aromatic rings. The van der Waals surface area contributed by atoms with Crippen molar-refractivity contribution in [2.75, 3.05) is 6.61 Å². The Balaban J connectivity index is 2.40. The van der Waals surface area contributed by atoms with Gasteiger partial charge in [-0.3, -0.25) is 0 Å². The summed E-state index contributed by atoms with van der Waals surface area (Å²) < 4.78 is 10.6.